The highest BCUT2D eigenvalue weighted by molar-refractivity contribution is 6.31. The molecule has 0 aliphatic heterocycles. The van der Waals surface area contributed by atoms with E-state index < -0.39 is 0 Å². The van der Waals surface area contributed by atoms with Gasteiger partial charge in [0.1, 0.15) is 18.2 Å². The van der Waals surface area contributed by atoms with Crippen LogP contribution in [0.15, 0.2) is 72.8 Å². The van der Waals surface area contributed by atoms with E-state index in [1.807, 2.05) is 60.7 Å². The average Bonchev–Trinajstić information content (AvgIpc) is 2.67. The minimum absolute atomic E-state index is 0. The van der Waals surface area contributed by atoms with Gasteiger partial charge in [-0.3, -0.25) is 0 Å². The zero-order valence-corrected chi connectivity index (χ0v) is 16.4. The van der Waals surface area contributed by atoms with Crippen LogP contribution in [0.1, 0.15) is 16.7 Å². The number of hydrogen-bond acceptors (Lipinski definition) is 2. The molecule has 0 spiro atoms. The summed E-state index contributed by atoms with van der Waals surface area (Å²) in [6.45, 7) is 1.95. The van der Waals surface area contributed by atoms with Crippen molar-refractivity contribution < 1.29 is 9.13 Å². The molecule has 0 bridgehead atoms. The van der Waals surface area contributed by atoms with Crippen molar-refractivity contribution in [1.82, 2.24) is 5.32 Å². The summed E-state index contributed by atoms with van der Waals surface area (Å²) in [5, 5.41) is 4.13. The Bertz CT molecular complexity index is 840. The maximum Gasteiger partial charge on any atom is 0.124 e. The van der Waals surface area contributed by atoms with Crippen LogP contribution in [0.3, 0.4) is 0 Å². The van der Waals surface area contributed by atoms with Gasteiger partial charge in [-0.2, -0.15) is 0 Å². The van der Waals surface area contributed by atoms with Gasteiger partial charge in [0, 0.05) is 22.7 Å². The molecule has 3 aromatic carbocycles. The molecule has 0 aliphatic carbocycles. The molecule has 0 saturated carbocycles. The van der Waals surface area contributed by atoms with Gasteiger partial charge >= 0.3 is 0 Å². The van der Waals surface area contributed by atoms with Crippen LogP contribution in [0.25, 0.3) is 0 Å². The van der Waals surface area contributed by atoms with Gasteiger partial charge in [-0.05, 0) is 42.8 Å². The summed E-state index contributed by atoms with van der Waals surface area (Å²) < 4.78 is 18.9. The number of ether oxygens (including phenoxy) is 1. The van der Waals surface area contributed by atoms with E-state index in [4.69, 9.17) is 16.3 Å². The molecule has 0 aliphatic rings. The molecule has 27 heavy (non-hydrogen) atoms. The van der Waals surface area contributed by atoms with Crippen LogP contribution >= 0.6 is 24.0 Å². The lowest BCUT2D eigenvalue weighted by Gasteiger charge is -2.13. The second-order valence-electron chi connectivity index (χ2n) is 6.04. The third kappa shape index (κ3) is 6.55. The van der Waals surface area contributed by atoms with Gasteiger partial charge in [-0.25, -0.2) is 4.39 Å². The number of benzene rings is 3. The smallest absolute Gasteiger partial charge is 0.124 e. The lowest BCUT2D eigenvalue weighted by atomic mass is 10.1. The van der Waals surface area contributed by atoms with Gasteiger partial charge in [-0.15, -0.1) is 12.4 Å². The number of para-hydroxylation sites is 1. The summed E-state index contributed by atoms with van der Waals surface area (Å²) in [7, 11) is 0. The normalized spacial score (nSPS) is 10.3. The maximum atomic E-state index is 12.9. The molecule has 3 aromatic rings. The van der Waals surface area contributed by atoms with Gasteiger partial charge in [-0.1, -0.05) is 60.1 Å². The molecule has 5 heteroatoms. The van der Waals surface area contributed by atoms with E-state index in [0.29, 0.717) is 18.2 Å². The SMILES string of the molecule is Cl.Fc1ccc(CCNCc2ccccc2OCc2ccccc2Cl)cc1. The predicted molar refractivity (Wildman–Crippen MR) is 111 cm³/mol. The molecule has 3 rings (SSSR count). The topological polar surface area (TPSA) is 21.3 Å². The Balaban J connectivity index is 0.00000261. The molecule has 0 heterocycles. The Labute approximate surface area is 170 Å². The second kappa shape index (κ2) is 10.9. The van der Waals surface area contributed by atoms with Crippen molar-refractivity contribution in [2.45, 2.75) is 19.6 Å². The Kier molecular flexibility index (Phi) is 8.59. The van der Waals surface area contributed by atoms with Crippen molar-refractivity contribution in [3.8, 4) is 5.75 Å². The average molecular weight is 406 g/mol. The minimum atomic E-state index is -0.202. The second-order valence-corrected chi connectivity index (χ2v) is 6.45. The van der Waals surface area contributed by atoms with E-state index in [1.165, 1.54) is 12.1 Å². The first kappa shape index (κ1) is 21.2. The Morgan fingerprint density at radius 2 is 1.52 bits per heavy atom. The quantitative estimate of drug-likeness (QED) is 0.477. The van der Waals surface area contributed by atoms with Crippen molar-refractivity contribution in [1.29, 1.82) is 0 Å². The van der Waals surface area contributed by atoms with E-state index in [2.05, 4.69) is 5.32 Å². The third-order valence-corrected chi connectivity index (χ3v) is 4.50. The summed E-state index contributed by atoms with van der Waals surface area (Å²) in [5.74, 6) is 0.646. The fraction of sp³-hybridized carbons (Fsp3) is 0.182. The van der Waals surface area contributed by atoms with Gasteiger partial charge in [0.05, 0.1) is 0 Å². The van der Waals surface area contributed by atoms with E-state index in [-0.39, 0.29) is 18.2 Å². The van der Waals surface area contributed by atoms with E-state index in [0.717, 1.165) is 35.4 Å². The number of hydrogen-bond donors (Lipinski definition) is 1. The molecule has 142 valence electrons. The molecular weight excluding hydrogens is 384 g/mol. The largest absolute Gasteiger partial charge is 0.489 e. The first-order valence-electron chi connectivity index (χ1n) is 8.61. The molecule has 1 N–H and O–H groups in total. The Morgan fingerprint density at radius 3 is 2.26 bits per heavy atom. The zero-order chi connectivity index (χ0) is 18.2. The van der Waals surface area contributed by atoms with Crippen molar-refractivity contribution in [3.63, 3.8) is 0 Å². The monoisotopic (exact) mass is 405 g/mol. The number of rotatable bonds is 8. The van der Waals surface area contributed by atoms with Gasteiger partial charge < -0.3 is 10.1 Å². The fourth-order valence-electron chi connectivity index (χ4n) is 2.67. The number of nitrogens with one attached hydrogen (secondary N) is 1. The summed E-state index contributed by atoms with van der Waals surface area (Å²) in [6.07, 6.45) is 0.850. The predicted octanol–water partition coefficient (Wildman–Crippen LogP) is 5.81. The van der Waals surface area contributed by atoms with E-state index in [1.54, 1.807) is 0 Å². The first-order chi connectivity index (χ1) is 12.7. The molecule has 0 saturated heterocycles. The highest BCUT2D eigenvalue weighted by atomic mass is 35.5. The van der Waals surface area contributed by atoms with Crippen LogP contribution in [-0.4, -0.2) is 6.54 Å². The highest BCUT2D eigenvalue weighted by Gasteiger charge is 2.05. The van der Waals surface area contributed by atoms with Gasteiger partial charge in [0.15, 0.2) is 0 Å². The molecule has 2 nitrogen and oxygen atoms in total. The number of halogens is 3. The third-order valence-electron chi connectivity index (χ3n) is 4.13. The lowest BCUT2D eigenvalue weighted by Crippen LogP contribution is -2.17. The summed E-state index contributed by atoms with van der Waals surface area (Å²) in [5.41, 5.74) is 3.18. The van der Waals surface area contributed by atoms with Crippen molar-refractivity contribution in [3.05, 3.63) is 100 Å². The summed E-state index contributed by atoms with van der Waals surface area (Å²) >= 11 is 6.18. The van der Waals surface area contributed by atoms with Gasteiger partial charge in [0.2, 0.25) is 0 Å². The van der Waals surface area contributed by atoms with E-state index in [9.17, 15) is 4.39 Å². The van der Waals surface area contributed by atoms with Crippen molar-refractivity contribution in [2.75, 3.05) is 6.54 Å². The molecule has 0 amide bonds. The minimum Gasteiger partial charge on any atom is -0.489 e. The van der Waals surface area contributed by atoms with Crippen LogP contribution in [0.5, 0.6) is 5.75 Å². The Hall–Kier alpha value is -2.07. The van der Waals surface area contributed by atoms with Crippen LogP contribution < -0.4 is 10.1 Å². The molecule has 0 atom stereocenters. The molecule has 0 unspecified atom stereocenters. The van der Waals surface area contributed by atoms with Gasteiger partial charge in [0.25, 0.3) is 0 Å². The first-order valence-corrected chi connectivity index (χ1v) is 8.99. The lowest BCUT2D eigenvalue weighted by molar-refractivity contribution is 0.302. The molecular formula is C22H22Cl2FNO. The van der Waals surface area contributed by atoms with Crippen LogP contribution in [0.2, 0.25) is 5.02 Å². The van der Waals surface area contributed by atoms with Crippen LogP contribution in [0.4, 0.5) is 4.39 Å². The maximum absolute atomic E-state index is 12.9. The molecule has 0 fully saturated rings. The zero-order valence-electron chi connectivity index (χ0n) is 14.8. The highest BCUT2D eigenvalue weighted by Crippen LogP contribution is 2.22. The summed E-state index contributed by atoms with van der Waals surface area (Å²) in [6, 6.07) is 22.3. The molecule has 0 radical (unpaired) electrons. The standard InChI is InChI=1S/C22H21ClFNO.ClH/c23-21-7-3-1-6-19(21)16-26-22-8-4-2-5-18(22)15-25-14-13-17-9-11-20(24)12-10-17;/h1-12,25H,13-16H2;1H. The van der Waals surface area contributed by atoms with Crippen LogP contribution in [-0.2, 0) is 19.6 Å². The summed E-state index contributed by atoms with van der Waals surface area (Å²) in [4.78, 5) is 0. The fourth-order valence-corrected chi connectivity index (χ4v) is 2.86. The molecule has 0 aromatic heterocycles. The van der Waals surface area contributed by atoms with Crippen LogP contribution in [0, 0.1) is 5.82 Å². The van der Waals surface area contributed by atoms with Crippen molar-refractivity contribution in [2.24, 2.45) is 0 Å². The Morgan fingerprint density at radius 1 is 0.852 bits per heavy atom. The van der Waals surface area contributed by atoms with Crippen molar-refractivity contribution >= 4 is 24.0 Å². The van der Waals surface area contributed by atoms with E-state index >= 15 is 0 Å².